The monoisotopic (exact) mass is 367 g/mol. The largest absolute Gasteiger partial charge is 0.480 e. The molecule has 0 fully saturated rings. The molecule has 0 saturated carbocycles. The second kappa shape index (κ2) is 5.79. The number of hydrogen-bond donors (Lipinski definition) is 1. The molecule has 0 unspecified atom stereocenters. The van der Waals surface area contributed by atoms with Crippen LogP contribution in [-0.4, -0.2) is 35.9 Å². The van der Waals surface area contributed by atoms with E-state index in [4.69, 9.17) is 5.11 Å². The molecule has 1 rings (SSSR count). The third-order valence-electron chi connectivity index (χ3n) is 2.51. The predicted octanol–water partition coefficient (Wildman–Crippen LogP) is 2.46. The molecular weight excluding hydrogens is 353 g/mol. The van der Waals surface area contributed by atoms with Crippen molar-refractivity contribution >= 4 is 31.9 Å². The van der Waals surface area contributed by atoms with Gasteiger partial charge in [-0.15, -0.1) is 0 Å². The zero-order valence-corrected chi connectivity index (χ0v) is 13.6. The topological polar surface area (TPSA) is 74.7 Å². The zero-order chi connectivity index (χ0) is 15.7. The third-order valence-corrected chi connectivity index (χ3v) is 5.26. The number of hydrogen-bond acceptors (Lipinski definition) is 3. The van der Waals surface area contributed by atoms with E-state index < -0.39 is 33.9 Å². The zero-order valence-electron chi connectivity index (χ0n) is 11.2. The number of nitrogens with zero attached hydrogens (tertiary/aromatic N) is 1. The second-order valence-corrected chi connectivity index (χ2v) is 7.87. The maximum absolute atomic E-state index is 13.5. The summed E-state index contributed by atoms with van der Waals surface area (Å²) in [6, 6.07) is 3.35. The summed E-state index contributed by atoms with van der Waals surface area (Å²) >= 11 is 2.94. The van der Waals surface area contributed by atoms with Crippen molar-refractivity contribution in [3.63, 3.8) is 0 Å². The van der Waals surface area contributed by atoms with E-state index in [1.807, 2.05) is 0 Å². The Labute approximate surface area is 125 Å². The molecule has 0 saturated heterocycles. The van der Waals surface area contributed by atoms with Gasteiger partial charge in [-0.1, -0.05) is 0 Å². The van der Waals surface area contributed by atoms with Gasteiger partial charge in [0.15, 0.2) is 0 Å². The second-order valence-electron chi connectivity index (χ2n) is 5.15. The highest BCUT2D eigenvalue weighted by Gasteiger charge is 2.35. The van der Waals surface area contributed by atoms with Gasteiger partial charge in [-0.05, 0) is 54.9 Å². The number of halogens is 2. The van der Waals surface area contributed by atoms with Crippen LogP contribution in [-0.2, 0) is 14.8 Å². The number of rotatable bonds is 4. The first-order chi connectivity index (χ1) is 8.96. The standard InChI is InChI=1S/C12H15BrFNO4S/c1-12(2,3)15(7-11(16)17)20(18,19)8-4-5-9(13)10(14)6-8/h4-6H,7H2,1-3H3,(H,16,17). The molecule has 0 aromatic heterocycles. The molecule has 0 aliphatic heterocycles. The van der Waals surface area contributed by atoms with E-state index in [1.165, 1.54) is 12.1 Å². The van der Waals surface area contributed by atoms with Gasteiger partial charge in [0.1, 0.15) is 12.4 Å². The van der Waals surface area contributed by atoms with Crippen LogP contribution < -0.4 is 0 Å². The van der Waals surface area contributed by atoms with E-state index in [0.29, 0.717) is 0 Å². The predicted molar refractivity (Wildman–Crippen MR) is 75.4 cm³/mol. The summed E-state index contributed by atoms with van der Waals surface area (Å²) in [5.41, 5.74) is -0.944. The van der Waals surface area contributed by atoms with Crippen molar-refractivity contribution in [2.75, 3.05) is 6.54 Å². The van der Waals surface area contributed by atoms with Crippen LogP contribution in [0.5, 0.6) is 0 Å². The number of benzene rings is 1. The van der Waals surface area contributed by atoms with Crippen molar-refractivity contribution < 1.29 is 22.7 Å². The van der Waals surface area contributed by atoms with E-state index in [1.54, 1.807) is 20.8 Å². The molecule has 0 aliphatic rings. The molecule has 1 aromatic rings. The van der Waals surface area contributed by atoms with Crippen LogP contribution in [0, 0.1) is 5.82 Å². The summed E-state index contributed by atoms with van der Waals surface area (Å²) in [6.07, 6.45) is 0. The lowest BCUT2D eigenvalue weighted by Gasteiger charge is -2.33. The Morgan fingerprint density at radius 3 is 2.35 bits per heavy atom. The molecule has 5 nitrogen and oxygen atoms in total. The summed E-state index contributed by atoms with van der Waals surface area (Å²) in [6.45, 7) is 4.03. The molecule has 0 heterocycles. The number of aliphatic carboxylic acids is 1. The van der Waals surface area contributed by atoms with Gasteiger partial charge in [-0.2, -0.15) is 4.31 Å². The smallest absolute Gasteiger partial charge is 0.318 e. The molecule has 1 N–H and O–H groups in total. The Morgan fingerprint density at radius 2 is 1.95 bits per heavy atom. The van der Waals surface area contributed by atoms with Gasteiger partial charge in [0.05, 0.1) is 9.37 Å². The van der Waals surface area contributed by atoms with Crippen molar-refractivity contribution in [3.05, 3.63) is 28.5 Å². The average Bonchev–Trinajstić information content (AvgIpc) is 2.27. The molecule has 112 valence electrons. The summed E-state index contributed by atoms with van der Waals surface area (Å²) < 4.78 is 39.4. The Hall–Kier alpha value is -0.990. The summed E-state index contributed by atoms with van der Waals surface area (Å²) in [5, 5.41) is 8.87. The molecule has 0 aliphatic carbocycles. The molecule has 0 spiro atoms. The number of sulfonamides is 1. The van der Waals surface area contributed by atoms with Crippen LogP contribution >= 0.6 is 15.9 Å². The molecular formula is C12H15BrFNO4S. The van der Waals surface area contributed by atoms with Crippen molar-refractivity contribution in [1.82, 2.24) is 4.31 Å². The molecule has 0 bridgehead atoms. The third kappa shape index (κ3) is 3.77. The highest BCUT2D eigenvalue weighted by atomic mass is 79.9. The Morgan fingerprint density at radius 1 is 1.40 bits per heavy atom. The Balaban J connectivity index is 3.36. The number of carbonyl (C=O) groups is 1. The first kappa shape index (κ1) is 17.1. The lowest BCUT2D eigenvalue weighted by atomic mass is 10.1. The Bertz CT molecular complexity index is 625. The molecule has 8 heteroatoms. The van der Waals surface area contributed by atoms with Gasteiger partial charge in [-0.25, -0.2) is 12.8 Å². The minimum atomic E-state index is -4.10. The SMILES string of the molecule is CC(C)(C)N(CC(=O)O)S(=O)(=O)c1ccc(Br)c(F)c1. The Kier molecular flexibility index (Phi) is 4.94. The summed E-state index contributed by atoms with van der Waals surface area (Å²) in [5.74, 6) is -2.00. The van der Waals surface area contributed by atoms with Crippen LogP contribution in [0.3, 0.4) is 0 Å². The highest BCUT2D eigenvalue weighted by molar-refractivity contribution is 9.10. The first-order valence-electron chi connectivity index (χ1n) is 5.66. The van der Waals surface area contributed by atoms with E-state index >= 15 is 0 Å². The fourth-order valence-electron chi connectivity index (χ4n) is 1.57. The van der Waals surface area contributed by atoms with E-state index in [9.17, 15) is 17.6 Å². The van der Waals surface area contributed by atoms with Crippen LogP contribution in [0.4, 0.5) is 4.39 Å². The minimum absolute atomic E-state index is 0.136. The van der Waals surface area contributed by atoms with E-state index in [-0.39, 0.29) is 9.37 Å². The minimum Gasteiger partial charge on any atom is -0.480 e. The molecule has 0 amide bonds. The quantitative estimate of drug-likeness (QED) is 0.886. The lowest BCUT2D eigenvalue weighted by Crippen LogP contribution is -2.48. The van der Waals surface area contributed by atoms with Crippen molar-refractivity contribution in [2.45, 2.75) is 31.2 Å². The van der Waals surface area contributed by atoms with Gasteiger partial charge in [0.2, 0.25) is 10.0 Å². The van der Waals surface area contributed by atoms with Crippen molar-refractivity contribution in [3.8, 4) is 0 Å². The molecule has 0 atom stereocenters. The van der Waals surface area contributed by atoms with Crippen LogP contribution in [0.2, 0.25) is 0 Å². The van der Waals surface area contributed by atoms with E-state index in [2.05, 4.69) is 15.9 Å². The van der Waals surface area contributed by atoms with Crippen LogP contribution in [0.25, 0.3) is 0 Å². The van der Waals surface area contributed by atoms with Gasteiger partial charge in [0.25, 0.3) is 0 Å². The fourth-order valence-corrected chi connectivity index (χ4v) is 3.57. The maximum Gasteiger partial charge on any atom is 0.318 e. The number of carboxylic acids is 1. The maximum atomic E-state index is 13.5. The summed E-state index contributed by atoms with van der Waals surface area (Å²) in [4.78, 5) is 10.6. The van der Waals surface area contributed by atoms with Crippen molar-refractivity contribution in [1.29, 1.82) is 0 Å². The lowest BCUT2D eigenvalue weighted by molar-refractivity contribution is -0.138. The van der Waals surface area contributed by atoms with Gasteiger partial charge < -0.3 is 5.11 Å². The van der Waals surface area contributed by atoms with Crippen molar-refractivity contribution in [2.24, 2.45) is 0 Å². The fraction of sp³-hybridized carbons (Fsp3) is 0.417. The highest BCUT2D eigenvalue weighted by Crippen LogP contribution is 2.26. The van der Waals surface area contributed by atoms with Crippen LogP contribution in [0.1, 0.15) is 20.8 Å². The molecule has 1 aromatic carbocycles. The normalized spacial score (nSPS) is 12.7. The van der Waals surface area contributed by atoms with Gasteiger partial charge in [0, 0.05) is 5.54 Å². The first-order valence-corrected chi connectivity index (χ1v) is 7.89. The van der Waals surface area contributed by atoms with Gasteiger partial charge >= 0.3 is 5.97 Å². The van der Waals surface area contributed by atoms with E-state index in [0.717, 1.165) is 10.4 Å². The summed E-state index contributed by atoms with van der Waals surface area (Å²) in [7, 11) is -4.10. The molecule has 20 heavy (non-hydrogen) atoms. The van der Waals surface area contributed by atoms with Gasteiger partial charge in [-0.3, -0.25) is 4.79 Å². The van der Waals surface area contributed by atoms with Crippen LogP contribution in [0.15, 0.2) is 27.6 Å². The molecule has 0 radical (unpaired) electrons. The average molecular weight is 368 g/mol. The number of carboxylic acid groups (broad SMARTS) is 1.